The van der Waals surface area contributed by atoms with E-state index in [1.165, 1.54) is 64.2 Å². The van der Waals surface area contributed by atoms with E-state index in [2.05, 4.69) is 34.6 Å². The van der Waals surface area contributed by atoms with Gasteiger partial charge >= 0.3 is 0 Å². The maximum absolute atomic E-state index is 10.3. The van der Waals surface area contributed by atoms with Crippen molar-refractivity contribution in [2.24, 2.45) is 52.3 Å². The van der Waals surface area contributed by atoms with Crippen LogP contribution in [0.5, 0.6) is 0 Å². The topological polar surface area (TPSA) is 20.2 Å². The van der Waals surface area contributed by atoms with Crippen LogP contribution in [0, 0.1) is 52.3 Å². The molecule has 30 heavy (non-hydrogen) atoms. The Labute approximate surface area is 189 Å². The Bertz CT molecular complexity index is 540. The molecule has 0 saturated heterocycles. The van der Waals surface area contributed by atoms with Crippen molar-refractivity contribution in [3.63, 3.8) is 0 Å². The normalized spacial score (nSPS) is 46.3. The third-order valence-electron chi connectivity index (χ3n) is 10.8. The van der Waals surface area contributed by atoms with Crippen molar-refractivity contribution in [3.8, 4) is 0 Å². The molecule has 0 bridgehead atoms. The molecule has 1 N–H and O–H groups in total. The van der Waals surface area contributed by atoms with Gasteiger partial charge in [-0.25, -0.2) is 0 Å². The van der Waals surface area contributed by atoms with Gasteiger partial charge in [-0.2, -0.15) is 0 Å². The van der Waals surface area contributed by atoms with E-state index in [0.717, 1.165) is 54.3 Å². The predicted octanol–water partition coefficient (Wildman–Crippen LogP) is 8.49. The molecule has 4 aliphatic carbocycles. The summed E-state index contributed by atoms with van der Waals surface area (Å²) in [5, 5.41) is 10.3. The van der Waals surface area contributed by atoms with Gasteiger partial charge in [0.05, 0.1) is 6.10 Å². The van der Waals surface area contributed by atoms with Crippen molar-refractivity contribution in [3.05, 3.63) is 0 Å². The summed E-state index contributed by atoms with van der Waals surface area (Å²) in [5.74, 6) is 6.49. The van der Waals surface area contributed by atoms with E-state index in [9.17, 15) is 5.11 Å². The highest BCUT2D eigenvalue weighted by Crippen LogP contribution is 2.68. The molecule has 9 atom stereocenters. The Kier molecular flexibility index (Phi) is 8.07. The van der Waals surface area contributed by atoms with Gasteiger partial charge in [-0.15, -0.1) is 0 Å². The van der Waals surface area contributed by atoms with Crippen LogP contribution in [0.1, 0.15) is 126 Å². The van der Waals surface area contributed by atoms with Crippen LogP contribution in [0.15, 0.2) is 0 Å². The molecule has 0 aromatic carbocycles. The van der Waals surface area contributed by atoms with Crippen LogP contribution >= 0.6 is 0 Å². The van der Waals surface area contributed by atoms with E-state index in [-0.39, 0.29) is 6.10 Å². The fraction of sp³-hybridized carbons (Fsp3) is 1.00. The van der Waals surface area contributed by atoms with Crippen LogP contribution in [0.3, 0.4) is 0 Å². The lowest BCUT2D eigenvalue weighted by Crippen LogP contribution is -2.54. The first-order valence-corrected chi connectivity index (χ1v) is 13.9. The summed E-state index contributed by atoms with van der Waals surface area (Å²) in [6.45, 7) is 16.7. The molecule has 4 aliphatic rings. The Balaban J connectivity index is 0.00000124. The lowest BCUT2D eigenvalue weighted by molar-refractivity contribution is -0.129. The number of aliphatic hydroxyl groups is 1. The summed E-state index contributed by atoms with van der Waals surface area (Å²) >= 11 is 0. The van der Waals surface area contributed by atoms with Crippen LogP contribution in [-0.2, 0) is 0 Å². The lowest BCUT2D eigenvalue weighted by atomic mass is 9.44. The van der Waals surface area contributed by atoms with Gasteiger partial charge in [0.25, 0.3) is 0 Å². The molecule has 4 saturated carbocycles. The lowest BCUT2D eigenvalue weighted by Gasteiger charge is -2.61. The molecule has 4 fully saturated rings. The smallest absolute Gasteiger partial charge is 0.0543 e. The van der Waals surface area contributed by atoms with Gasteiger partial charge in [-0.1, -0.05) is 67.7 Å². The number of rotatable bonds is 5. The summed E-state index contributed by atoms with van der Waals surface area (Å²) in [7, 11) is 0. The summed E-state index contributed by atoms with van der Waals surface area (Å²) < 4.78 is 0. The molecule has 0 aliphatic heterocycles. The SMILES string of the molecule is CC.CC(C)CCC[C@H](C)C1CCC2C3CCC4CC(O)CCC4(C)C3CCC21C. The maximum atomic E-state index is 10.3. The highest BCUT2D eigenvalue weighted by atomic mass is 16.3. The van der Waals surface area contributed by atoms with Crippen molar-refractivity contribution in [1.82, 2.24) is 0 Å². The second-order valence-corrected chi connectivity index (χ2v) is 12.6. The molecule has 0 amide bonds. The highest BCUT2D eigenvalue weighted by Gasteiger charge is 2.60. The second kappa shape index (κ2) is 9.84. The highest BCUT2D eigenvalue weighted by molar-refractivity contribution is 5.09. The second-order valence-electron chi connectivity index (χ2n) is 12.6. The Morgan fingerprint density at radius 3 is 2.17 bits per heavy atom. The predicted molar refractivity (Wildman–Crippen MR) is 130 cm³/mol. The van der Waals surface area contributed by atoms with Crippen molar-refractivity contribution in [2.45, 2.75) is 132 Å². The first kappa shape index (κ1) is 24.6. The van der Waals surface area contributed by atoms with Gasteiger partial charge in [0.1, 0.15) is 0 Å². The van der Waals surface area contributed by atoms with Crippen LogP contribution in [0.4, 0.5) is 0 Å². The molecule has 0 radical (unpaired) electrons. The van der Waals surface area contributed by atoms with E-state index < -0.39 is 0 Å². The summed E-state index contributed by atoms with van der Waals surface area (Å²) in [6.07, 6.45) is 16.6. The fourth-order valence-electron chi connectivity index (χ4n) is 9.26. The van der Waals surface area contributed by atoms with Gasteiger partial charge in [-0.05, 0) is 110 Å². The van der Waals surface area contributed by atoms with Gasteiger partial charge in [0.15, 0.2) is 0 Å². The molecule has 0 aromatic heterocycles. The minimum Gasteiger partial charge on any atom is -0.393 e. The van der Waals surface area contributed by atoms with E-state index in [1.54, 1.807) is 0 Å². The average molecular weight is 419 g/mol. The standard InChI is InChI=1S/C27H48O.C2H6/c1-18(2)7-6-8-19(3)23-11-12-24-22-10-9-20-17-21(28)13-15-26(20,4)25(22)14-16-27(23,24)5;1-2/h18-25,28H,6-17H2,1-5H3;1-2H3/t19-,20?,21?,22?,23?,24?,25?,26?,27?;/m0./s1. The summed E-state index contributed by atoms with van der Waals surface area (Å²) in [5.41, 5.74) is 1.15. The number of hydrogen-bond donors (Lipinski definition) is 1. The molecule has 0 spiro atoms. The van der Waals surface area contributed by atoms with Crippen molar-refractivity contribution >= 4 is 0 Å². The zero-order chi connectivity index (χ0) is 22.1. The zero-order valence-corrected chi connectivity index (χ0v) is 21.6. The molecule has 4 rings (SSSR count). The molecular weight excluding hydrogens is 364 g/mol. The first-order valence-electron chi connectivity index (χ1n) is 13.9. The van der Waals surface area contributed by atoms with Crippen LogP contribution in [0.25, 0.3) is 0 Å². The van der Waals surface area contributed by atoms with E-state index in [4.69, 9.17) is 0 Å². The molecular formula is C29H54O. The number of hydrogen-bond acceptors (Lipinski definition) is 1. The van der Waals surface area contributed by atoms with Gasteiger partial charge in [-0.3, -0.25) is 0 Å². The molecule has 8 unspecified atom stereocenters. The van der Waals surface area contributed by atoms with Crippen LogP contribution in [-0.4, -0.2) is 11.2 Å². The Morgan fingerprint density at radius 2 is 1.47 bits per heavy atom. The third-order valence-corrected chi connectivity index (χ3v) is 10.8. The van der Waals surface area contributed by atoms with Crippen LogP contribution in [0.2, 0.25) is 0 Å². The molecule has 0 heterocycles. The van der Waals surface area contributed by atoms with E-state index in [1.807, 2.05) is 13.8 Å². The monoisotopic (exact) mass is 418 g/mol. The molecule has 176 valence electrons. The maximum Gasteiger partial charge on any atom is 0.0543 e. The largest absolute Gasteiger partial charge is 0.393 e. The average Bonchev–Trinajstić information content (AvgIpc) is 3.07. The fourth-order valence-corrected chi connectivity index (χ4v) is 9.26. The Hall–Kier alpha value is -0.0400. The minimum absolute atomic E-state index is 0.00830. The van der Waals surface area contributed by atoms with Crippen molar-refractivity contribution in [1.29, 1.82) is 0 Å². The van der Waals surface area contributed by atoms with E-state index in [0.29, 0.717) is 10.8 Å². The molecule has 0 aromatic rings. The van der Waals surface area contributed by atoms with Crippen LogP contribution < -0.4 is 0 Å². The van der Waals surface area contributed by atoms with Crippen molar-refractivity contribution in [2.75, 3.05) is 0 Å². The molecule has 1 nitrogen and oxygen atoms in total. The zero-order valence-electron chi connectivity index (χ0n) is 21.6. The minimum atomic E-state index is -0.00830. The van der Waals surface area contributed by atoms with E-state index >= 15 is 0 Å². The number of fused-ring (bicyclic) bond motifs is 5. The van der Waals surface area contributed by atoms with Gasteiger partial charge in [0, 0.05) is 0 Å². The van der Waals surface area contributed by atoms with Gasteiger partial charge < -0.3 is 5.11 Å². The van der Waals surface area contributed by atoms with Crippen molar-refractivity contribution < 1.29 is 5.11 Å². The Morgan fingerprint density at radius 1 is 0.800 bits per heavy atom. The third kappa shape index (κ3) is 4.40. The van der Waals surface area contributed by atoms with Gasteiger partial charge in [0.2, 0.25) is 0 Å². The quantitative estimate of drug-likeness (QED) is 0.474. The summed E-state index contributed by atoms with van der Waals surface area (Å²) in [4.78, 5) is 0. The summed E-state index contributed by atoms with van der Waals surface area (Å²) in [6, 6.07) is 0. The first-order chi connectivity index (χ1) is 14.3. The number of aliphatic hydroxyl groups excluding tert-OH is 1. The molecule has 1 heteroatoms.